The number of nitrogens with one attached hydrogen (secondary N) is 2. The van der Waals surface area contributed by atoms with Crippen molar-refractivity contribution in [1.82, 2.24) is 9.97 Å². The molecule has 0 unspecified atom stereocenters. The summed E-state index contributed by atoms with van der Waals surface area (Å²) < 4.78 is 0. The molecular weight excluding hydrogens is 400 g/mol. The Morgan fingerprint density at radius 3 is 2.74 bits per heavy atom. The van der Waals surface area contributed by atoms with Gasteiger partial charge in [-0.05, 0) is 75.8 Å². The molecule has 152 valence electrons. The molecule has 0 saturated carbocycles. The summed E-state index contributed by atoms with van der Waals surface area (Å²) >= 11 is 1.68. The van der Waals surface area contributed by atoms with Crippen LogP contribution < -0.4 is 5.73 Å². The highest BCUT2D eigenvalue weighted by Crippen LogP contribution is 2.32. The first-order valence-corrected chi connectivity index (χ1v) is 11.2. The lowest BCUT2D eigenvalue weighted by Gasteiger charge is -2.10. The van der Waals surface area contributed by atoms with Gasteiger partial charge < -0.3 is 10.7 Å². The Morgan fingerprint density at radius 2 is 1.94 bits per heavy atom. The average molecular weight is 423 g/mol. The van der Waals surface area contributed by atoms with Gasteiger partial charge in [-0.2, -0.15) is 11.3 Å². The maximum Gasteiger partial charge on any atom is 0.0868 e. The number of aromatic amines is 1. The second-order valence-corrected chi connectivity index (χ2v) is 8.35. The van der Waals surface area contributed by atoms with Crippen LogP contribution in [0.15, 0.2) is 77.8 Å². The molecule has 5 rings (SSSR count). The maximum atomic E-state index is 8.90. The number of benzene rings is 2. The van der Waals surface area contributed by atoms with Crippen LogP contribution in [0.3, 0.4) is 0 Å². The summed E-state index contributed by atoms with van der Waals surface area (Å²) in [5.74, 6) is 0. The lowest BCUT2D eigenvalue weighted by atomic mass is 9.98. The fraction of sp³-hybridized carbons (Fsp3) is 0.0769. The highest BCUT2D eigenvalue weighted by molar-refractivity contribution is 7.08. The van der Waals surface area contributed by atoms with E-state index in [2.05, 4.69) is 51.9 Å². The lowest BCUT2D eigenvalue weighted by Crippen LogP contribution is -2.06. The number of fused-ring (bicyclic) bond motifs is 1. The number of hydrogen-bond acceptors (Lipinski definition) is 4. The van der Waals surface area contributed by atoms with Gasteiger partial charge in [-0.25, -0.2) is 0 Å². The smallest absolute Gasteiger partial charge is 0.0868 e. The number of H-pyrrole nitrogens is 1. The zero-order valence-electron chi connectivity index (χ0n) is 17.1. The first-order valence-electron chi connectivity index (χ1n) is 10.2. The van der Waals surface area contributed by atoms with Crippen LogP contribution in [0.5, 0.6) is 0 Å². The Balaban J connectivity index is 1.57. The molecule has 5 heteroatoms. The second-order valence-electron chi connectivity index (χ2n) is 7.57. The van der Waals surface area contributed by atoms with Crippen LogP contribution >= 0.6 is 11.3 Å². The van der Waals surface area contributed by atoms with Crippen molar-refractivity contribution in [1.29, 1.82) is 5.41 Å². The molecule has 4 N–H and O–H groups in total. The van der Waals surface area contributed by atoms with Crippen LogP contribution in [0, 0.1) is 5.41 Å². The third kappa shape index (κ3) is 3.53. The number of nitrogens with two attached hydrogens (primary N) is 1. The van der Waals surface area contributed by atoms with Crippen molar-refractivity contribution in [2.24, 2.45) is 0 Å². The Kier molecular flexibility index (Phi) is 4.88. The van der Waals surface area contributed by atoms with E-state index in [9.17, 15) is 0 Å². The Hall–Kier alpha value is -3.70. The van der Waals surface area contributed by atoms with Crippen molar-refractivity contribution in [2.75, 3.05) is 5.73 Å². The monoisotopic (exact) mass is 422 g/mol. The number of nitrogen functional groups attached to an aromatic ring is 1. The number of aryl methyl sites for hydroxylation is 1. The van der Waals surface area contributed by atoms with E-state index in [4.69, 9.17) is 11.1 Å². The average Bonchev–Trinajstić information content (AvgIpc) is 3.49. The first kappa shape index (κ1) is 19.3. The molecule has 0 atom stereocenters. The largest absolute Gasteiger partial charge is 0.398 e. The van der Waals surface area contributed by atoms with Gasteiger partial charge in [-0.3, -0.25) is 10.4 Å². The van der Waals surface area contributed by atoms with Crippen LogP contribution in [0.25, 0.3) is 33.2 Å². The van der Waals surface area contributed by atoms with E-state index in [1.54, 1.807) is 11.3 Å². The molecule has 0 aliphatic heterocycles. The molecule has 4 nitrogen and oxygen atoms in total. The molecule has 0 aliphatic carbocycles. The number of hydrogen-bond donors (Lipinski definition) is 3. The van der Waals surface area contributed by atoms with E-state index in [0.717, 1.165) is 34.1 Å². The number of aromatic nitrogens is 2. The van der Waals surface area contributed by atoms with E-state index in [1.165, 1.54) is 16.7 Å². The third-order valence-electron chi connectivity index (χ3n) is 5.62. The molecule has 0 radical (unpaired) electrons. The summed E-state index contributed by atoms with van der Waals surface area (Å²) in [6.07, 6.45) is 4.67. The van der Waals surface area contributed by atoms with Gasteiger partial charge in [0.25, 0.3) is 0 Å². The first-order chi connectivity index (χ1) is 15.1. The van der Waals surface area contributed by atoms with Crippen LogP contribution in [0.2, 0.25) is 0 Å². The van der Waals surface area contributed by atoms with Gasteiger partial charge in [-0.1, -0.05) is 25.1 Å². The number of rotatable bonds is 5. The lowest BCUT2D eigenvalue weighted by molar-refractivity contribution is 1.10. The van der Waals surface area contributed by atoms with Gasteiger partial charge in [0.2, 0.25) is 0 Å². The van der Waals surface area contributed by atoms with E-state index in [-0.39, 0.29) is 0 Å². The van der Waals surface area contributed by atoms with Crippen molar-refractivity contribution in [2.45, 2.75) is 13.3 Å². The van der Waals surface area contributed by atoms with Gasteiger partial charge in [0.05, 0.1) is 11.4 Å². The van der Waals surface area contributed by atoms with Crippen molar-refractivity contribution in [3.8, 4) is 22.3 Å². The Morgan fingerprint density at radius 1 is 1.03 bits per heavy atom. The molecule has 0 saturated heterocycles. The molecule has 5 aromatic rings. The van der Waals surface area contributed by atoms with Crippen LogP contribution in [0.4, 0.5) is 5.69 Å². The minimum Gasteiger partial charge on any atom is -0.398 e. The third-order valence-corrected chi connectivity index (χ3v) is 6.31. The molecule has 0 fully saturated rings. The number of nitrogens with zero attached hydrogens (tertiary/aromatic N) is 1. The molecule has 0 bridgehead atoms. The molecule has 0 aliphatic rings. The predicted octanol–water partition coefficient (Wildman–Crippen LogP) is 6.52. The van der Waals surface area contributed by atoms with E-state index in [0.29, 0.717) is 17.0 Å². The van der Waals surface area contributed by atoms with Gasteiger partial charge >= 0.3 is 0 Å². The SMILES string of the molecule is CCc1cncc(-c2ccc(N)c(C(=N)c3cc4c(-c5ccsc5)cccc4[nH]3)c2)c1. The second kappa shape index (κ2) is 7.85. The minimum absolute atomic E-state index is 0.381. The summed E-state index contributed by atoms with van der Waals surface area (Å²) in [7, 11) is 0. The highest BCUT2D eigenvalue weighted by atomic mass is 32.1. The summed E-state index contributed by atoms with van der Waals surface area (Å²) in [6.45, 7) is 2.12. The van der Waals surface area contributed by atoms with Crippen molar-refractivity contribution in [3.63, 3.8) is 0 Å². The highest BCUT2D eigenvalue weighted by Gasteiger charge is 2.15. The van der Waals surface area contributed by atoms with Crippen molar-refractivity contribution in [3.05, 3.63) is 94.6 Å². The Bertz CT molecular complexity index is 1400. The van der Waals surface area contributed by atoms with Crippen molar-refractivity contribution < 1.29 is 0 Å². The van der Waals surface area contributed by atoms with E-state index < -0.39 is 0 Å². The van der Waals surface area contributed by atoms with Crippen LogP contribution in [0.1, 0.15) is 23.7 Å². The fourth-order valence-corrected chi connectivity index (χ4v) is 4.55. The summed E-state index contributed by atoms with van der Waals surface area (Å²) in [5, 5.41) is 14.2. The number of thiophene rings is 1. The molecule has 3 heterocycles. The topological polar surface area (TPSA) is 78.5 Å². The standard InChI is InChI=1S/C26H22N4S/c1-2-16-10-19(14-29-13-16)17-6-7-23(27)22(11-17)26(28)25-12-21-20(18-8-9-31-15-18)4-3-5-24(21)30-25/h3-15,28,30H,2,27H2,1H3. The predicted molar refractivity (Wildman–Crippen MR) is 131 cm³/mol. The quantitative estimate of drug-likeness (QED) is 0.223. The number of pyridine rings is 1. The molecule has 0 spiro atoms. The van der Waals surface area contributed by atoms with Crippen LogP contribution in [-0.2, 0) is 6.42 Å². The summed E-state index contributed by atoms with van der Waals surface area (Å²) in [5.41, 5.74) is 15.3. The van der Waals surface area contributed by atoms with Crippen molar-refractivity contribution >= 4 is 33.6 Å². The molecule has 0 amide bonds. The minimum atomic E-state index is 0.381. The number of anilines is 1. The Labute approximate surface area is 184 Å². The molecule has 31 heavy (non-hydrogen) atoms. The van der Waals surface area contributed by atoms with Gasteiger partial charge in [0, 0.05) is 40.1 Å². The van der Waals surface area contributed by atoms with E-state index in [1.807, 2.05) is 42.7 Å². The van der Waals surface area contributed by atoms with Gasteiger partial charge in [0.1, 0.15) is 0 Å². The zero-order valence-corrected chi connectivity index (χ0v) is 18.0. The van der Waals surface area contributed by atoms with E-state index >= 15 is 0 Å². The normalized spacial score (nSPS) is 11.1. The van der Waals surface area contributed by atoms with Crippen LogP contribution in [-0.4, -0.2) is 15.7 Å². The fourth-order valence-electron chi connectivity index (χ4n) is 3.90. The zero-order chi connectivity index (χ0) is 21.4. The maximum absolute atomic E-state index is 8.90. The molecular formula is C26H22N4S. The molecule has 2 aromatic carbocycles. The molecule has 3 aromatic heterocycles. The van der Waals surface area contributed by atoms with Gasteiger partial charge in [-0.15, -0.1) is 0 Å². The van der Waals surface area contributed by atoms with Gasteiger partial charge in [0.15, 0.2) is 0 Å². The summed E-state index contributed by atoms with van der Waals surface area (Å²) in [6, 6.07) is 18.4. The summed E-state index contributed by atoms with van der Waals surface area (Å²) in [4.78, 5) is 7.77.